The van der Waals surface area contributed by atoms with Crippen LogP contribution in [0.25, 0.3) is 10.9 Å². The second-order valence-electron chi connectivity index (χ2n) is 11.5. The molecule has 11 nitrogen and oxygen atoms in total. The number of benzene rings is 2. The summed E-state index contributed by atoms with van der Waals surface area (Å²) in [5.74, 6) is -0.703. The molecule has 2 aromatic carbocycles. The SMILES string of the molecule is CC(N)C(=O)NCCCCN1N=C(c2ccc(NC(=O)N3Cc4ccncc4C3)cc2)CC(c2cccc3ncccc23)C1=O. The van der Waals surface area contributed by atoms with Crippen molar-refractivity contribution in [3.05, 3.63) is 102 Å². The van der Waals surface area contributed by atoms with Gasteiger partial charge in [-0.05, 0) is 72.4 Å². The van der Waals surface area contributed by atoms with E-state index in [-0.39, 0.29) is 17.8 Å². The highest BCUT2D eigenvalue weighted by Gasteiger charge is 2.33. The third kappa shape index (κ3) is 6.68. The molecular weight excluding hydrogens is 568 g/mol. The van der Waals surface area contributed by atoms with Crippen LogP contribution in [0.15, 0.2) is 84.4 Å². The number of unbranched alkanes of at least 4 members (excludes halogenated alkanes) is 1. The molecule has 2 atom stereocenters. The van der Waals surface area contributed by atoms with Crippen molar-refractivity contribution in [2.75, 3.05) is 18.4 Å². The molecule has 11 heteroatoms. The number of fused-ring (bicyclic) bond motifs is 2. The van der Waals surface area contributed by atoms with Crippen LogP contribution in [0.5, 0.6) is 0 Å². The molecule has 4 heterocycles. The van der Waals surface area contributed by atoms with Gasteiger partial charge >= 0.3 is 6.03 Å². The van der Waals surface area contributed by atoms with E-state index in [0.717, 1.165) is 38.9 Å². The maximum absolute atomic E-state index is 13.8. The third-order valence-electron chi connectivity index (χ3n) is 8.24. The second kappa shape index (κ2) is 13.2. The van der Waals surface area contributed by atoms with Gasteiger partial charge in [-0.2, -0.15) is 5.10 Å². The van der Waals surface area contributed by atoms with Gasteiger partial charge in [0.1, 0.15) is 0 Å². The Kier molecular flexibility index (Phi) is 8.79. The molecule has 0 aliphatic carbocycles. The number of carbonyl (C=O) groups excluding carboxylic acids is 3. The van der Waals surface area contributed by atoms with Crippen molar-refractivity contribution in [1.29, 1.82) is 0 Å². The lowest BCUT2D eigenvalue weighted by Gasteiger charge is -2.30. The Morgan fingerprint density at radius 3 is 2.62 bits per heavy atom. The Morgan fingerprint density at radius 1 is 1.00 bits per heavy atom. The molecule has 6 rings (SSSR count). The number of pyridine rings is 2. The number of aromatic nitrogens is 2. The molecule has 4 aromatic rings. The minimum atomic E-state index is -0.564. The van der Waals surface area contributed by atoms with Gasteiger partial charge in [-0.25, -0.2) is 9.80 Å². The molecular formula is C34H36N8O3. The van der Waals surface area contributed by atoms with Gasteiger partial charge < -0.3 is 21.3 Å². The lowest BCUT2D eigenvalue weighted by molar-refractivity contribution is -0.133. The number of amides is 4. The maximum Gasteiger partial charge on any atom is 0.322 e. The minimum Gasteiger partial charge on any atom is -0.355 e. The molecule has 0 spiro atoms. The first-order valence-corrected chi connectivity index (χ1v) is 15.2. The van der Waals surface area contributed by atoms with Gasteiger partial charge in [0.05, 0.1) is 23.2 Å². The molecule has 4 amide bonds. The summed E-state index contributed by atoms with van der Waals surface area (Å²) in [6.07, 6.45) is 7.07. The number of urea groups is 1. The first-order chi connectivity index (χ1) is 21.9. The first kappa shape index (κ1) is 29.9. The number of carbonyl (C=O) groups is 3. The number of nitrogens with zero attached hydrogens (tertiary/aromatic N) is 5. The zero-order chi connectivity index (χ0) is 31.3. The molecule has 0 fully saturated rings. The molecule has 0 saturated heterocycles. The van der Waals surface area contributed by atoms with Crippen molar-refractivity contribution in [3.63, 3.8) is 0 Å². The van der Waals surface area contributed by atoms with E-state index in [1.54, 1.807) is 35.4 Å². The van der Waals surface area contributed by atoms with Crippen LogP contribution in [0.2, 0.25) is 0 Å². The number of hydrazone groups is 1. The van der Waals surface area contributed by atoms with E-state index in [0.29, 0.717) is 51.1 Å². The largest absolute Gasteiger partial charge is 0.355 e. The Balaban J connectivity index is 1.19. The summed E-state index contributed by atoms with van der Waals surface area (Å²) in [5, 5.41) is 13.1. The van der Waals surface area contributed by atoms with Gasteiger partial charge in [0, 0.05) is 62.3 Å². The van der Waals surface area contributed by atoms with E-state index in [2.05, 4.69) is 20.6 Å². The van der Waals surface area contributed by atoms with Crippen molar-refractivity contribution < 1.29 is 14.4 Å². The number of hydrogen-bond acceptors (Lipinski definition) is 7. The fourth-order valence-corrected chi connectivity index (χ4v) is 5.78. The Morgan fingerprint density at radius 2 is 1.82 bits per heavy atom. The fourth-order valence-electron chi connectivity index (χ4n) is 5.78. The summed E-state index contributed by atoms with van der Waals surface area (Å²) in [5.41, 5.74) is 11.9. The van der Waals surface area contributed by atoms with E-state index < -0.39 is 12.0 Å². The highest BCUT2D eigenvalue weighted by Crippen LogP contribution is 2.33. The smallest absolute Gasteiger partial charge is 0.322 e. The van der Waals surface area contributed by atoms with Crippen molar-refractivity contribution in [3.8, 4) is 0 Å². The van der Waals surface area contributed by atoms with Gasteiger partial charge in [-0.15, -0.1) is 0 Å². The number of nitrogens with two attached hydrogens (primary N) is 1. The molecule has 2 unspecified atom stereocenters. The molecule has 0 radical (unpaired) electrons. The Labute approximate surface area is 261 Å². The molecule has 0 saturated carbocycles. The number of anilines is 1. The lowest BCUT2D eigenvalue weighted by atomic mass is 9.86. The van der Waals surface area contributed by atoms with Crippen LogP contribution in [0.1, 0.15) is 54.4 Å². The van der Waals surface area contributed by atoms with E-state index in [1.165, 1.54) is 0 Å². The van der Waals surface area contributed by atoms with Gasteiger partial charge in [0.25, 0.3) is 5.91 Å². The van der Waals surface area contributed by atoms with Gasteiger partial charge in [-0.1, -0.05) is 30.3 Å². The molecule has 4 N–H and O–H groups in total. The summed E-state index contributed by atoms with van der Waals surface area (Å²) in [6.45, 7) is 3.61. The van der Waals surface area contributed by atoms with Gasteiger partial charge in [-0.3, -0.25) is 19.6 Å². The van der Waals surface area contributed by atoms with E-state index in [4.69, 9.17) is 10.8 Å². The zero-order valence-corrected chi connectivity index (χ0v) is 25.1. The molecule has 0 bridgehead atoms. The quantitative estimate of drug-likeness (QED) is 0.245. The number of nitrogens with one attached hydrogen (secondary N) is 2. The minimum absolute atomic E-state index is 0.0691. The normalized spacial score (nSPS) is 16.7. The van der Waals surface area contributed by atoms with Crippen molar-refractivity contribution >= 4 is 40.1 Å². The Bertz CT molecular complexity index is 1720. The van der Waals surface area contributed by atoms with Crippen LogP contribution in [0, 0.1) is 0 Å². The van der Waals surface area contributed by atoms with Crippen LogP contribution >= 0.6 is 0 Å². The average Bonchev–Trinajstić information content (AvgIpc) is 3.50. The van der Waals surface area contributed by atoms with Crippen molar-refractivity contribution in [1.82, 2.24) is 25.2 Å². The van der Waals surface area contributed by atoms with E-state index >= 15 is 0 Å². The Hall–Kier alpha value is -5.16. The second-order valence-corrected chi connectivity index (χ2v) is 11.5. The van der Waals surface area contributed by atoms with Gasteiger partial charge in [0.15, 0.2) is 0 Å². The molecule has 45 heavy (non-hydrogen) atoms. The van der Waals surface area contributed by atoms with Crippen LogP contribution < -0.4 is 16.4 Å². The number of rotatable bonds is 9. The molecule has 2 aliphatic heterocycles. The maximum atomic E-state index is 13.8. The van der Waals surface area contributed by atoms with Crippen molar-refractivity contribution in [2.45, 2.75) is 51.2 Å². The van der Waals surface area contributed by atoms with E-state index in [9.17, 15) is 14.4 Å². The standard InChI is InChI=1S/C34H36N8O3/c1-22(35)32(43)38-14-2-3-17-42-33(44)29(27-6-4-8-30-28(27)7-5-15-37-30)18-31(40-42)23-9-11-26(12-10-23)39-34(45)41-20-24-13-16-36-19-25(24)21-41/h4-13,15-16,19,22,29H,2-3,14,17-18,20-21,35H2,1H3,(H,38,43)(H,39,45). The predicted molar refractivity (Wildman–Crippen MR) is 172 cm³/mol. The molecule has 2 aliphatic rings. The lowest BCUT2D eigenvalue weighted by Crippen LogP contribution is -2.40. The number of hydrogen-bond donors (Lipinski definition) is 3. The highest BCUT2D eigenvalue weighted by atomic mass is 16.2. The zero-order valence-electron chi connectivity index (χ0n) is 25.1. The van der Waals surface area contributed by atoms with Crippen LogP contribution in [0.4, 0.5) is 10.5 Å². The summed E-state index contributed by atoms with van der Waals surface area (Å²) in [7, 11) is 0. The van der Waals surface area contributed by atoms with E-state index in [1.807, 2.05) is 60.7 Å². The van der Waals surface area contributed by atoms with Crippen LogP contribution in [0.3, 0.4) is 0 Å². The topological polar surface area (TPSA) is 146 Å². The summed E-state index contributed by atoms with van der Waals surface area (Å²) in [6, 6.07) is 18.5. The summed E-state index contributed by atoms with van der Waals surface area (Å²) in [4.78, 5) is 49.0. The third-order valence-corrected chi connectivity index (χ3v) is 8.24. The van der Waals surface area contributed by atoms with Gasteiger partial charge in [0.2, 0.25) is 5.91 Å². The van der Waals surface area contributed by atoms with Crippen molar-refractivity contribution in [2.24, 2.45) is 10.8 Å². The molecule has 230 valence electrons. The predicted octanol–water partition coefficient (Wildman–Crippen LogP) is 4.14. The van der Waals surface area contributed by atoms with Crippen LogP contribution in [-0.2, 0) is 22.7 Å². The average molecular weight is 605 g/mol. The summed E-state index contributed by atoms with van der Waals surface area (Å²) < 4.78 is 0. The fraction of sp³-hybridized carbons (Fsp3) is 0.294. The van der Waals surface area contributed by atoms with Crippen LogP contribution in [-0.4, -0.2) is 62.6 Å². The highest BCUT2D eigenvalue weighted by molar-refractivity contribution is 6.07. The first-order valence-electron chi connectivity index (χ1n) is 15.2. The monoisotopic (exact) mass is 604 g/mol. The summed E-state index contributed by atoms with van der Waals surface area (Å²) >= 11 is 0. The molecule has 2 aromatic heterocycles.